The van der Waals surface area contributed by atoms with Gasteiger partial charge in [-0.2, -0.15) is 0 Å². The van der Waals surface area contributed by atoms with Crippen LogP contribution in [-0.2, 0) is 11.8 Å². The van der Waals surface area contributed by atoms with Crippen molar-refractivity contribution in [2.75, 3.05) is 0 Å². The zero-order chi connectivity index (χ0) is 8.43. The van der Waals surface area contributed by atoms with Gasteiger partial charge < -0.3 is 9.67 Å². The van der Waals surface area contributed by atoms with E-state index in [-0.39, 0.29) is 0 Å². The largest absolute Gasteiger partial charge is 0.480 e. The van der Waals surface area contributed by atoms with E-state index in [9.17, 15) is 4.79 Å². The zero-order valence-corrected chi connectivity index (χ0v) is 6.75. The summed E-state index contributed by atoms with van der Waals surface area (Å²) < 4.78 is 1.76. The third-order valence-electron chi connectivity index (χ3n) is 1.36. The molecule has 0 aliphatic carbocycles. The molecule has 1 heterocycles. The number of aliphatic carboxylic acids is 1. The van der Waals surface area contributed by atoms with Crippen molar-refractivity contribution >= 4 is 17.6 Å². The number of carboxylic acids is 1. The van der Waals surface area contributed by atoms with E-state index in [0.29, 0.717) is 5.56 Å². The van der Waals surface area contributed by atoms with Crippen LogP contribution >= 0.6 is 11.6 Å². The lowest BCUT2D eigenvalue weighted by Crippen LogP contribution is -2.03. The minimum Gasteiger partial charge on any atom is -0.480 e. The third kappa shape index (κ3) is 1.74. The molecule has 3 nitrogen and oxygen atoms in total. The normalized spacial score (nSPS) is 12.9. The van der Waals surface area contributed by atoms with Gasteiger partial charge in [0, 0.05) is 19.4 Å². The maximum Gasteiger partial charge on any atom is 0.326 e. The maximum atomic E-state index is 10.4. The highest BCUT2D eigenvalue weighted by Crippen LogP contribution is 2.19. The second kappa shape index (κ2) is 2.96. The van der Waals surface area contributed by atoms with E-state index < -0.39 is 11.3 Å². The molecule has 0 saturated heterocycles. The summed E-state index contributed by atoms with van der Waals surface area (Å²) in [7, 11) is 1.81. The minimum atomic E-state index is -1.02. The molecule has 4 heteroatoms. The Morgan fingerprint density at radius 3 is 2.82 bits per heavy atom. The molecule has 0 saturated carbocycles. The summed E-state index contributed by atoms with van der Waals surface area (Å²) in [4.78, 5) is 10.4. The summed E-state index contributed by atoms with van der Waals surface area (Å²) in [5.74, 6) is -1.02. The van der Waals surface area contributed by atoms with Crippen molar-refractivity contribution in [2.45, 2.75) is 5.38 Å². The molecule has 0 fully saturated rings. The number of carbonyl (C=O) groups is 1. The highest BCUT2D eigenvalue weighted by Gasteiger charge is 2.16. The Hall–Kier alpha value is -0.960. The van der Waals surface area contributed by atoms with E-state index in [2.05, 4.69) is 0 Å². The Morgan fingerprint density at radius 2 is 2.45 bits per heavy atom. The van der Waals surface area contributed by atoms with Gasteiger partial charge in [-0.3, -0.25) is 4.79 Å². The van der Waals surface area contributed by atoms with Crippen LogP contribution < -0.4 is 0 Å². The summed E-state index contributed by atoms with van der Waals surface area (Å²) in [6.45, 7) is 0. The number of alkyl halides is 1. The van der Waals surface area contributed by atoms with E-state index in [4.69, 9.17) is 16.7 Å². The zero-order valence-electron chi connectivity index (χ0n) is 5.99. The van der Waals surface area contributed by atoms with Crippen molar-refractivity contribution in [1.82, 2.24) is 4.57 Å². The van der Waals surface area contributed by atoms with Gasteiger partial charge in [-0.25, -0.2) is 0 Å². The summed E-state index contributed by atoms with van der Waals surface area (Å²) in [6.07, 6.45) is 3.44. The van der Waals surface area contributed by atoms with Gasteiger partial charge in [0.15, 0.2) is 5.38 Å². The average Bonchev–Trinajstić information content (AvgIpc) is 2.34. The van der Waals surface area contributed by atoms with Crippen LogP contribution in [0.5, 0.6) is 0 Å². The van der Waals surface area contributed by atoms with E-state index in [1.54, 1.807) is 23.0 Å². The van der Waals surface area contributed by atoms with Crippen molar-refractivity contribution in [3.8, 4) is 0 Å². The average molecular weight is 174 g/mol. The summed E-state index contributed by atoms with van der Waals surface area (Å²) in [5, 5.41) is 7.57. The maximum absolute atomic E-state index is 10.4. The van der Waals surface area contributed by atoms with Gasteiger partial charge in [-0.1, -0.05) is 0 Å². The SMILES string of the molecule is Cn1ccc(C(Cl)C(=O)O)c1. The number of halogens is 1. The van der Waals surface area contributed by atoms with Gasteiger partial charge in [-0.15, -0.1) is 11.6 Å². The fourth-order valence-electron chi connectivity index (χ4n) is 0.817. The van der Waals surface area contributed by atoms with Crippen molar-refractivity contribution in [3.63, 3.8) is 0 Å². The predicted molar refractivity (Wildman–Crippen MR) is 41.6 cm³/mol. The first-order valence-electron chi connectivity index (χ1n) is 3.10. The molecule has 0 aliphatic heterocycles. The minimum absolute atomic E-state index is 0.613. The van der Waals surface area contributed by atoms with Gasteiger partial charge in [-0.05, 0) is 11.6 Å². The Labute approximate surface area is 69.2 Å². The summed E-state index contributed by atoms with van der Waals surface area (Å²) in [6, 6.07) is 1.69. The molecule has 1 rings (SSSR count). The first kappa shape index (κ1) is 8.14. The van der Waals surface area contributed by atoms with Crippen molar-refractivity contribution < 1.29 is 9.90 Å². The van der Waals surface area contributed by atoms with Gasteiger partial charge in [0.25, 0.3) is 0 Å². The number of hydrogen-bond donors (Lipinski definition) is 1. The monoisotopic (exact) mass is 173 g/mol. The molecule has 0 spiro atoms. The lowest BCUT2D eigenvalue weighted by atomic mass is 10.2. The number of nitrogens with zero attached hydrogens (tertiary/aromatic N) is 1. The van der Waals surface area contributed by atoms with E-state index in [1.807, 2.05) is 7.05 Å². The lowest BCUT2D eigenvalue weighted by Gasteiger charge is -1.98. The number of hydrogen-bond acceptors (Lipinski definition) is 1. The first-order valence-corrected chi connectivity index (χ1v) is 3.53. The molecule has 1 atom stereocenters. The molecular formula is C7H8ClNO2. The van der Waals surface area contributed by atoms with E-state index >= 15 is 0 Å². The van der Waals surface area contributed by atoms with Crippen LogP contribution in [0.1, 0.15) is 10.9 Å². The second-order valence-electron chi connectivity index (χ2n) is 2.31. The van der Waals surface area contributed by atoms with Gasteiger partial charge >= 0.3 is 5.97 Å². The molecule has 0 radical (unpaired) electrons. The van der Waals surface area contributed by atoms with Crippen molar-refractivity contribution in [3.05, 3.63) is 24.0 Å². The standard InChI is InChI=1S/C7H8ClNO2/c1-9-3-2-5(4-9)6(8)7(10)11/h2-4,6H,1H3,(H,10,11). The Morgan fingerprint density at radius 1 is 1.82 bits per heavy atom. The van der Waals surface area contributed by atoms with Crippen LogP contribution in [0.2, 0.25) is 0 Å². The van der Waals surface area contributed by atoms with Crippen molar-refractivity contribution in [1.29, 1.82) is 0 Å². The lowest BCUT2D eigenvalue weighted by molar-refractivity contribution is -0.136. The molecular weight excluding hydrogens is 166 g/mol. The summed E-state index contributed by atoms with van der Waals surface area (Å²) in [5.41, 5.74) is 0.613. The van der Waals surface area contributed by atoms with Gasteiger partial charge in [0.05, 0.1) is 0 Å². The number of carboxylic acid groups (broad SMARTS) is 1. The van der Waals surface area contributed by atoms with Crippen LogP contribution in [0.25, 0.3) is 0 Å². The van der Waals surface area contributed by atoms with E-state index in [0.717, 1.165) is 0 Å². The van der Waals surface area contributed by atoms with Crippen LogP contribution in [0.15, 0.2) is 18.5 Å². The molecule has 1 N–H and O–H groups in total. The van der Waals surface area contributed by atoms with E-state index in [1.165, 1.54) is 0 Å². The number of aryl methyl sites for hydroxylation is 1. The molecule has 1 aromatic heterocycles. The molecule has 0 aliphatic rings. The molecule has 0 amide bonds. The fraction of sp³-hybridized carbons (Fsp3) is 0.286. The van der Waals surface area contributed by atoms with Crippen LogP contribution in [0.3, 0.4) is 0 Å². The van der Waals surface area contributed by atoms with Crippen molar-refractivity contribution in [2.24, 2.45) is 7.05 Å². The molecule has 1 unspecified atom stereocenters. The van der Waals surface area contributed by atoms with Crippen LogP contribution in [-0.4, -0.2) is 15.6 Å². The Bertz CT molecular complexity index is 269. The highest BCUT2D eigenvalue weighted by molar-refractivity contribution is 6.29. The fourth-order valence-corrected chi connectivity index (χ4v) is 0.946. The second-order valence-corrected chi connectivity index (χ2v) is 2.75. The topological polar surface area (TPSA) is 42.2 Å². The number of aromatic nitrogens is 1. The first-order chi connectivity index (χ1) is 5.11. The van der Waals surface area contributed by atoms with Gasteiger partial charge in [0.1, 0.15) is 0 Å². The molecule has 0 aromatic carbocycles. The van der Waals surface area contributed by atoms with Crippen LogP contribution in [0.4, 0.5) is 0 Å². The third-order valence-corrected chi connectivity index (χ3v) is 1.80. The Kier molecular flexibility index (Phi) is 2.19. The van der Waals surface area contributed by atoms with Gasteiger partial charge in [0.2, 0.25) is 0 Å². The predicted octanol–water partition coefficient (Wildman–Crippen LogP) is 1.39. The number of rotatable bonds is 2. The molecule has 0 bridgehead atoms. The molecule has 1 aromatic rings. The molecule has 11 heavy (non-hydrogen) atoms. The highest BCUT2D eigenvalue weighted by atomic mass is 35.5. The quantitative estimate of drug-likeness (QED) is 0.687. The van der Waals surface area contributed by atoms with Crippen LogP contribution in [0, 0.1) is 0 Å². The Balaban J connectivity index is 2.84. The smallest absolute Gasteiger partial charge is 0.326 e. The molecule has 60 valence electrons. The summed E-state index contributed by atoms with van der Waals surface area (Å²) >= 11 is 5.54.